The highest BCUT2D eigenvalue weighted by atomic mass is 35.5. The van der Waals surface area contributed by atoms with Crippen molar-refractivity contribution < 1.29 is 46.2 Å². The summed E-state index contributed by atoms with van der Waals surface area (Å²) in [4.78, 5) is 53.1. The lowest BCUT2D eigenvalue weighted by molar-refractivity contribution is -0.192. The summed E-state index contributed by atoms with van der Waals surface area (Å²) in [5.74, 6) is -5.53. The van der Waals surface area contributed by atoms with E-state index in [1.807, 2.05) is 4.90 Å². The average molecular weight is 639 g/mol. The molecule has 0 aliphatic carbocycles. The van der Waals surface area contributed by atoms with E-state index in [1.54, 1.807) is 23.1 Å². The molecule has 1 atom stereocenters. The van der Waals surface area contributed by atoms with Gasteiger partial charge in [0, 0.05) is 64.3 Å². The summed E-state index contributed by atoms with van der Waals surface area (Å²) in [6.07, 6.45) is -4.44. The molecule has 43 heavy (non-hydrogen) atoms. The summed E-state index contributed by atoms with van der Waals surface area (Å²) in [6, 6.07) is 3.63. The van der Waals surface area contributed by atoms with Crippen molar-refractivity contribution in [2.24, 2.45) is 5.92 Å². The number of carboxylic acid groups (broad SMARTS) is 1. The molecule has 4 aliphatic heterocycles. The first-order valence-corrected chi connectivity index (χ1v) is 14.1. The number of carboxylic acids is 1. The lowest BCUT2D eigenvalue weighted by Gasteiger charge is -2.49. The summed E-state index contributed by atoms with van der Waals surface area (Å²) in [7, 11) is 0. The van der Waals surface area contributed by atoms with E-state index >= 15 is 0 Å². The molecule has 1 aromatic rings. The van der Waals surface area contributed by atoms with Crippen LogP contribution >= 0.6 is 11.6 Å². The maximum absolute atomic E-state index is 14.2. The van der Waals surface area contributed by atoms with Crippen molar-refractivity contribution in [3.05, 3.63) is 28.8 Å². The fourth-order valence-electron chi connectivity index (χ4n) is 5.58. The third-order valence-electron chi connectivity index (χ3n) is 7.83. The number of benzene rings is 1. The van der Waals surface area contributed by atoms with E-state index in [9.17, 15) is 36.3 Å². The number of piperazine rings is 1. The first kappa shape index (κ1) is 32.8. The minimum absolute atomic E-state index is 0.135. The second-order valence-electron chi connectivity index (χ2n) is 10.9. The van der Waals surface area contributed by atoms with Crippen LogP contribution in [-0.2, 0) is 9.59 Å². The SMILES string of the molecule is O=C(O)C(F)(F)F.O=C1CCN(c2cc(C(=O)N3CCN(CC4CN(C5CCNCC5(F)F)C4)CC3)ccc2Cl)C(=O)N1. The third kappa shape index (κ3) is 8.10. The van der Waals surface area contributed by atoms with Gasteiger partial charge >= 0.3 is 18.2 Å². The molecule has 0 spiro atoms. The van der Waals surface area contributed by atoms with Crippen LogP contribution in [0.15, 0.2) is 18.2 Å². The van der Waals surface area contributed by atoms with Crippen LogP contribution in [0.5, 0.6) is 0 Å². The monoisotopic (exact) mass is 638 g/mol. The van der Waals surface area contributed by atoms with Gasteiger partial charge in [-0.3, -0.25) is 29.6 Å². The number of urea groups is 1. The highest BCUT2D eigenvalue weighted by molar-refractivity contribution is 6.34. The van der Waals surface area contributed by atoms with Crippen molar-refractivity contribution >= 4 is 41.1 Å². The predicted molar refractivity (Wildman–Crippen MR) is 144 cm³/mol. The highest BCUT2D eigenvalue weighted by Gasteiger charge is 2.48. The molecule has 0 radical (unpaired) electrons. The van der Waals surface area contributed by atoms with Gasteiger partial charge in [-0.05, 0) is 37.1 Å². The van der Waals surface area contributed by atoms with Crippen molar-refractivity contribution in [1.82, 2.24) is 25.3 Å². The number of aliphatic carboxylic acids is 1. The Hall–Kier alpha value is -3.08. The number of likely N-dealkylation sites (tertiary alicyclic amines) is 1. The number of nitrogens with one attached hydrogen (secondary N) is 2. The van der Waals surface area contributed by atoms with Gasteiger partial charge in [-0.1, -0.05) is 11.6 Å². The number of imide groups is 1. The van der Waals surface area contributed by atoms with Crippen LogP contribution in [-0.4, -0.2) is 127 Å². The maximum Gasteiger partial charge on any atom is 0.490 e. The molecule has 238 valence electrons. The number of halogens is 6. The maximum atomic E-state index is 14.2. The van der Waals surface area contributed by atoms with Gasteiger partial charge in [0.2, 0.25) is 5.91 Å². The molecule has 17 heteroatoms. The van der Waals surface area contributed by atoms with E-state index in [1.165, 1.54) is 4.90 Å². The number of rotatable bonds is 5. The Balaban J connectivity index is 0.000000541. The molecule has 1 aromatic carbocycles. The van der Waals surface area contributed by atoms with Crippen LogP contribution in [0.3, 0.4) is 0 Å². The first-order chi connectivity index (χ1) is 20.2. The second-order valence-corrected chi connectivity index (χ2v) is 11.3. The van der Waals surface area contributed by atoms with E-state index in [0.29, 0.717) is 61.3 Å². The number of nitrogens with zero attached hydrogens (tertiary/aromatic N) is 4. The Kier molecular flexibility index (Phi) is 10.1. The standard InChI is InChI=1S/C24H31ClF2N6O3.C2HF3O2/c25-18-2-1-17(11-19(18)33-6-4-21(34)29-23(33)36)22(35)31-9-7-30(8-10-31)12-16-13-32(14-16)20-3-5-28-15-24(20,26)27;3-2(4,5)1(6)7/h1-2,11,16,20,28H,3-10,12-15H2,(H,29,34,36);(H,6,7). The summed E-state index contributed by atoms with van der Waals surface area (Å²) in [5, 5.41) is 12.5. The molecule has 4 fully saturated rings. The molecule has 11 nitrogen and oxygen atoms in total. The molecule has 3 N–H and O–H groups in total. The predicted octanol–water partition coefficient (Wildman–Crippen LogP) is 2.11. The zero-order chi connectivity index (χ0) is 31.5. The van der Waals surface area contributed by atoms with Gasteiger partial charge in [0.05, 0.1) is 23.3 Å². The van der Waals surface area contributed by atoms with Crippen molar-refractivity contribution in [3.63, 3.8) is 0 Å². The van der Waals surface area contributed by atoms with Gasteiger partial charge in [-0.25, -0.2) is 18.4 Å². The van der Waals surface area contributed by atoms with Crippen LogP contribution in [0.1, 0.15) is 23.2 Å². The van der Waals surface area contributed by atoms with E-state index in [0.717, 1.165) is 19.6 Å². The van der Waals surface area contributed by atoms with Gasteiger partial charge in [0.25, 0.3) is 11.8 Å². The van der Waals surface area contributed by atoms with Gasteiger partial charge < -0.3 is 15.3 Å². The summed E-state index contributed by atoms with van der Waals surface area (Å²) in [5.41, 5.74) is 0.838. The fourth-order valence-corrected chi connectivity index (χ4v) is 5.80. The Morgan fingerprint density at radius 3 is 2.30 bits per heavy atom. The number of piperidine rings is 1. The number of amides is 4. The molecular formula is C26H32ClF5N6O5. The largest absolute Gasteiger partial charge is 0.490 e. The van der Waals surface area contributed by atoms with E-state index < -0.39 is 30.1 Å². The number of hydrogen-bond donors (Lipinski definition) is 3. The quantitative estimate of drug-likeness (QED) is 0.419. The Morgan fingerprint density at radius 1 is 1.07 bits per heavy atom. The van der Waals surface area contributed by atoms with E-state index in [4.69, 9.17) is 21.5 Å². The summed E-state index contributed by atoms with van der Waals surface area (Å²) < 4.78 is 60.1. The zero-order valence-electron chi connectivity index (χ0n) is 23.0. The summed E-state index contributed by atoms with van der Waals surface area (Å²) in [6.45, 7) is 5.43. The second kappa shape index (κ2) is 13.3. The van der Waals surface area contributed by atoms with Crippen LogP contribution in [0, 0.1) is 5.92 Å². The van der Waals surface area contributed by atoms with Crippen LogP contribution < -0.4 is 15.5 Å². The average Bonchev–Trinajstić information content (AvgIpc) is 2.91. The van der Waals surface area contributed by atoms with Crippen LogP contribution in [0.25, 0.3) is 0 Å². The van der Waals surface area contributed by atoms with Crippen molar-refractivity contribution in [2.45, 2.75) is 31.0 Å². The lowest BCUT2D eigenvalue weighted by atomic mass is 9.91. The molecule has 1 unspecified atom stereocenters. The molecule has 4 aliphatic rings. The van der Waals surface area contributed by atoms with Crippen molar-refractivity contribution in [2.75, 3.05) is 70.3 Å². The topological polar surface area (TPSA) is 126 Å². The molecule has 0 saturated carbocycles. The fraction of sp³-hybridized carbons (Fsp3) is 0.615. The number of anilines is 1. The smallest absolute Gasteiger partial charge is 0.475 e. The Bertz CT molecular complexity index is 1220. The molecular weight excluding hydrogens is 607 g/mol. The molecule has 0 aromatic heterocycles. The van der Waals surface area contributed by atoms with Crippen molar-refractivity contribution in [1.29, 1.82) is 0 Å². The third-order valence-corrected chi connectivity index (χ3v) is 8.14. The summed E-state index contributed by atoms with van der Waals surface area (Å²) >= 11 is 6.30. The molecule has 4 saturated heterocycles. The van der Waals surface area contributed by atoms with Gasteiger partial charge in [0.1, 0.15) is 0 Å². The molecule has 4 heterocycles. The zero-order valence-corrected chi connectivity index (χ0v) is 23.8. The number of alkyl halides is 5. The molecule has 0 bridgehead atoms. The first-order valence-electron chi connectivity index (χ1n) is 13.7. The van der Waals surface area contributed by atoms with Crippen LogP contribution in [0.4, 0.5) is 32.4 Å². The van der Waals surface area contributed by atoms with E-state index in [2.05, 4.69) is 15.5 Å². The molecule has 5 rings (SSSR count). The minimum atomic E-state index is -5.08. The Morgan fingerprint density at radius 2 is 1.72 bits per heavy atom. The number of hydrogen-bond acceptors (Lipinski definition) is 7. The van der Waals surface area contributed by atoms with Crippen LogP contribution in [0.2, 0.25) is 5.02 Å². The number of carbonyl (C=O) groups excluding carboxylic acids is 3. The van der Waals surface area contributed by atoms with Gasteiger partial charge in [-0.15, -0.1) is 0 Å². The normalized spacial score (nSPS) is 23.6. The van der Waals surface area contributed by atoms with E-state index in [-0.39, 0.29) is 31.3 Å². The van der Waals surface area contributed by atoms with Gasteiger partial charge in [0.15, 0.2) is 0 Å². The highest BCUT2D eigenvalue weighted by Crippen LogP contribution is 2.33. The molecule has 4 amide bonds. The van der Waals surface area contributed by atoms with Crippen molar-refractivity contribution in [3.8, 4) is 0 Å². The number of carbonyl (C=O) groups is 4. The Labute approximate surface area is 248 Å². The van der Waals surface area contributed by atoms with Gasteiger partial charge in [-0.2, -0.15) is 13.2 Å². The lowest BCUT2D eigenvalue weighted by Crippen LogP contribution is -2.64. The minimum Gasteiger partial charge on any atom is -0.475 e.